The lowest BCUT2D eigenvalue weighted by Gasteiger charge is -2.43. The van der Waals surface area contributed by atoms with E-state index in [1.807, 2.05) is 37.8 Å². The number of aryl methyl sites for hydroxylation is 2. The van der Waals surface area contributed by atoms with Crippen molar-refractivity contribution >= 4 is 34.5 Å². The molecule has 0 aliphatic carbocycles. The van der Waals surface area contributed by atoms with Crippen LogP contribution in [-0.4, -0.2) is 87.0 Å². The number of rotatable bonds is 10. The Balaban J connectivity index is 1.17. The van der Waals surface area contributed by atoms with Gasteiger partial charge in [0.25, 0.3) is 5.91 Å². The van der Waals surface area contributed by atoms with E-state index in [1.165, 1.54) is 16.8 Å². The molecule has 2 N–H and O–H groups in total. The molecule has 5 heterocycles. The minimum absolute atomic E-state index is 0.0966. The molecule has 3 atom stereocenters. The Hall–Kier alpha value is -4.15. The summed E-state index contributed by atoms with van der Waals surface area (Å²) in [6.45, 7) is 13.1. The van der Waals surface area contributed by atoms with E-state index in [0.29, 0.717) is 35.2 Å². The first-order chi connectivity index (χ1) is 21.9. The minimum Gasteiger partial charge on any atom is -0.324 e. The van der Waals surface area contributed by atoms with E-state index in [2.05, 4.69) is 82.9 Å². The Morgan fingerprint density at radius 2 is 2.00 bits per heavy atom. The Morgan fingerprint density at radius 3 is 2.74 bits per heavy atom. The van der Waals surface area contributed by atoms with Gasteiger partial charge in [0.2, 0.25) is 5.91 Å². The molecule has 2 aromatic heterocycles. The highest BCUT2D eigenvalue weighted by Gasteiger charge is 2.35. The van der Waals surface area contributed by atoms with Crippen LogP contribution >= 0.6 is 0 Å². The highest BCUT2D eigenvalue weighted by molar-refractivity contribution is 6.04. The van der Waals surface area contributed by atoms with Gasteiger partial charge < -0.3 is 15.1 Å². The molecule has 0 spiro atoms. The van der Waals surface area contributed by atoms with Gasteiger partial charge in [-0.3, -0.25) is 29.1 Å². The summed E-state index contributed by atoms with van der Waals surface area (Å²) in [7, 11) is 4.25. The first-order valence-corrected chi connectivity index (χ1v) is 16.4. The van der Waals surface area contributed by atoms with E-state index in [4.69, 9.17) is 0 Å². The van der Waals surface area contributed by atoms with Gasteiger partial charge in [-0.15, -0.1) is 0 Å². The Labute approximate surface area is 273 Å². The Morgan fingerprint density at radius 1 is 1.20 bits per heavy atom. The molecule has 46 heavy (non-hydrogen) atoms. The van der Waals surface area contributed by atoms with Gasteiger partial charge >= 0.3 is 0 Å². The minimum atomic E-state index is -0.169. The summed E-state index contributed by atoms with van der Waals surface area (Å²) in [5.74, 6) is -0.266. The molecule has 10 heteroatoms. The van der Waals surface area contributed by atoms with Gasteiger partial charge in [0, 0.05) is 74.6 Å². The zero-order chi connectivity index (χ0) is 33.0. The number of quaternary nitrogens is 1. The SMILES string of the molecule is CCC1C=CC(c2cnn(C)c2)=CC(C)[N+]1(C)CCC=C(C)C(=O)Nc1cc(NC(=O)CN2CCC3=C(CC(C)=N3)C2)cnc1C. The monoisotopic (exact) mass is 625 g/mol. The number of pyridine rings is 1. The molecular weight excluding hydrogens is 576 g/mol. The third-order valence-electron chi connectivity index (χ3n) is 9.75. The number of carbonyl (C=O) groups excluding carboxylic acids is 2. The standard InChI is InChI=1S/C36H48N8O2/c1-8-32-12-11-28(30-19-38-42(6)21-30)17-26(4)44(32,7)15-9-10-24(2)36(46)41-34-18-31(20-37-27(34)5)40-35(45)23-43-14-13-33-29(22-43)16-25(3)39-33/h10-12,17-21,26,32H,8-9,13-16,22-23H2,1-7H3,(H-,40,41,45,46)/p+1. The molecule has 0 aromatic carbocycles. The highest BCUT2D eigenvalue weighted by Crippen LogP contribution is 2.30. The van der Waals surface area contributed by atoms with E-state index in [1.54, 1.807) is 12.3 Å². The van der Waals surface area contributed by atoms with Crippen molar-refractivity contribution in [3.8, 4) is 0 Å². The number of allylic oxidation sites excluding steroid dienone is 2. The highest BCUT2D eigenvalue weighted by atomic mass is 16.2. The number of likely N-dealkylation sites (N-methyl/N-ethyl adjacent to an activating group) is 1. The molecule has 5 rings (SSSR count). The lowest BCUT2D eigenvalue weighted by atomic mass is 10.0. The van der Waals surface area contributed by atoms with E-state index >= 15 is 0 Å². The first-order valence-electron chi connectivity index (χ1n) is 16.4. The quantitative estimate of drug-likeness (QED) is 0.271. The number of amides is 2. The smallest absolute Gasteiger partial charge is 0.251 e. The van der Waals surface area contributed by atoms with Crippen LogP contribution in [0, 0.1) is 6.92 Å². The van der Waals surface area contributed by atoms with Crippen LogP contribution in [0.4, 0.5) is 11.4 Å². The maximum Gasteiger partial charge on any atom is 0.251 e. The van der Waals surface area contributed by atoms with Crippen molar-refractivity contribution < 1.29 is 14.1 Å². The number of carbonyl (C=O) groups is 2. The molecule has 3 aliphatic rings. The van der Waals surface area contributed by atoms with Gasteiger partial charge in [0.15, 0.2) is 0 Å². The molecular formula is C36H49N8O2+. The fourth-order valence-electron chi connectivity index (χ4n) is 6.78. The molecule has 244 valence electrons. The van der Waals surface area contributed by atoms with E-state index in [-0.39, 0.29) is 17.9 Å². The molecule has 0 saturated carbocycles. The second-order valence-corrected chi connectivity index (χ2v) is 13.2. The Bertz CT molecular complexity index is 1640. The average molecular weight is 626 g/mol. The second-order valence-electron chi connectivity index (χ2n) is 13.2. The van der Waals surface area contributed by atoms with Crippen molar-refractivity contribution in [1.29, 1.82) is 0 Å². The largest absolute Gasteiger partial charge is 0.324 e. The van der Waals surface area contributed by atoms with Crippen LogP contribution in [-0.2, 0) is 16.6 Å². The van der Waals surface area contributed by atoms with Crippen LogP contribution in [0.2, 0.25) is 0 Å². The van der Waals surface area contributed by atoms with Crippen molar-refractivity contribution in [2.45, 2.75) is 72.4 Å². The lowest BCUT2D eigenvalue weighted by Crippen LogP contribution is -2.56. The fourth-order valence-corrected chi connectivity index (χ4v) is 6.78. The predicted molar refractivity (Wildman–Crippen MR) is 185 cm³/mol. The van der Waals surface area contributed by atoms with Gasteiger partial charge in [0.05, 0.1) is 49.6 Å². The van der Waals surface area contributed by atoms with E-state index in [0.717, 1.165) is 61.1 Å². The molecule has 0 radical (unpaired) electrons. The number of hydrogen-bond acceptors (Lipinski definition) is 6. The molecule has 2 amide bonds. The number of hydrogen-bond donors (Lipinski definition) is 2. The molecule has 10 nitrogen and oxygen atoms in total. The predicted octanol–water partition coefficient (Wildman–Crippen LogP) is 5.43. The molecule has 2 aromatic rings. The summed E-state index contributed by atoms with van der Waals surface area (Å²) < 4.78 is 2.69. The summed E-state index contributed by atoms with van der Waals surface area (Å²) >= 11 is 0. The third-order valence-corrected chi connectivity index (χ3v) is 9.75. The summed E-state index contributed by atoms with van der Waals surface area (Å²) in [4.78, 5) is 37.3. The van der Waals surface area contributed by atoms with Crippen molar-refractivity contribution in [2.75, 3.05) is 43.9 Å². The summed E-state index contributed by atoms with van der Waals surface area (Å²) in [6, 6.07) is 2.43. The molecule has 3 unspecified atom stereocenters. The van der Waals surface area contributed by atoms with Crippen LogP contribution in [0.25, 0.3) is 5.57 Å². The third kappa shape index (κ3) is 7.62. The summed E-state index contributed by atoms with van der Waals surface area (Å²) in [5.41, 5.74) is 8.51. The van der Waals surface area contributed by atoms with Gasteiger partial charge in [-0.25, -0.2) is 0 Å². The van der Waals surface area contributed by atoms with Crippen molar-refractivity contribution in [2.24, 2.45) is 12.0 Å². The van der Waals surface area contributed by atoms with Gasteiger partial charge in [-0.05, 0) is 57.1 Å². The zero-order valence-electron chi connectivity index (χ0n) is 28.4. The summed E-state index contributed by atoms with van der Waals surface area (Å²) in [5, 5.41) is 10.3. The van der Waals surface area contributed by atoms with Gasteiger partial charge in [-0.2, -0.15) is 5.10 Å². The van der Waals surface area contributed by atoms with Crippen LogP contribution in [0.3, 0.4) is 0 Å². The van der Waals surface area contributed by atoms with Gasteiger partial charge in [0.1, 0.15) is 12.1 Å². The topological polar surface area (TPSA) is 105 Å². The Kier molecular flexibility index (Phi) is 10.2. The van der Waals surface area contributed by atoms with Crippen LogP contribution in [0.15, 0.2) is 70.8 Å². The second kappa shape index (κ2) is 14.1. The molecule has 0 saturated heterocycles. The van der Waals surface area contributed by atoms with Crippen LogP contribution in [0.5, 0.6) is 0 Å². The number of nitrogens with zero attached hydrogens (tertiary/aromatic N) is 6. The first kappa shape index (κ1) is 33.2. The molecule has 3 aliphatic heterocycles. The van der Waals surface area contributed by atoms with Crippen molar-refractivity contribution in [1.82, 2.24) is 19.7 Å². The van der Waals surface area contributed by atoms with Crippen molar-refractivity contribution in [3.05, 3.63) is 77.1 Å². The van der Waals surface area contributed by atoms with Gasteiger partial charge in [-0.1, -0.05) is 19.1 Å². The lowest BCUT2D eigenvalue weighted by molar-refractivity contribution is -0.942. The normalized spacial score (nSPS) is 23.5. The molecule has 0 fully saturated rings. The van der Waals surface area contributed by atoms with Crippen molar-refractivity contribution in [3.63, 3.8) is 0 Å². The van der Waals surface area contributed by atoms with Crippen LogP contribution in [0.1, 0.15) is 64.6 Å². The molecule has 0 bridgehead atoms. The number of aliphatic imine (C=N–C) groups is 1. The fraction of sp³-hybridized carbons (Fsp3) is 0.472. The number of aromatic nitrogens is 3. The van der Waals surface area contributed by atoms with E-state index in [9.17, 15) is 9.59 Å². The maximum absolute atomic E-state index is 13.2. The van der Waals surface area contributed by atoms with E-state index < -0.39 is 0 Å². The van der Waals surface area contributed by atoms with Crippen LogP contribution < -0.4 is 10.6 Å². The zero-order valence-corrected chi connectivity index (χ0v) is 28.4. The average Bonchev–Trinajstić information content (AvgIpc) is 3.58. The number of nitrogens with one attached hydrogen (secondary N) is 2. The maximum atomic E-state index is 13.2. The number of anilines is 2. The summed E-state index contributed by atoms with van der Waals surface area (Å²) in [6.07, 6.45) is 18.1.